The Bertz CT molecular complexity index is 926. The summed E-state index contributed by atoms with van der Waals surface area (Å²) in [4.78, 5) is 17.7. The molecule has 1 aliphatic carbocycles. The fourth-order valence-electron chi connectivity index (χ4n) is 2.74. The minimum atomic E-state index is -0.381. The van der Waals surface area contributed by atoms with Crippen LogP contribution in [0.4, 0.5) is 4.39 Å². The van der Waals surface area contributed by atoms with Crippen molar-refractivity contribution in [3.05, 3.63) is 53.4 Å². The Balaban J connectivity index is 0.00000210. The molecule has 1 amide bonds. The van der Waals surface area contributed by atoms with Crippen molar-refractivity contribution in [2.75, 3.05) is 6.54 Å². The molecule has 2 heterocycles. The van der Waals surface area contributed by atoms with Crippen LogP contribution in [0.25, 0.3) is 16.4 Å². The van der Waals surface area contributed by atoms with Crippen LogP contribution in [0.15, 0.2) is 41.8 Å². The second-order valence-corrected chi connectivity index (χ2v) is 7.29. The van der Waals surface area contributed by atoms with Gasteiger partial charge in [0, 0.05) is 12.6 Å². The third kappa shape index (κ3) is 4.35. The summed E-state index contributed by atoms with van der Waals surface area (Å²) in [7, 11) is 0. The van der Waals surface area contributed by atoms with Gasteiger partial charge in [-0.3, -0.25) is 4.79 Å². The molecule has 1 atom stereocenters. The maximum absolute atomic E-state index is 13.6. The smallest absolute Gasteiger partial charge is 0.291 e. The number of rotatable bonds is 6. The molecule has 0 saturated heterocycles. The zero-order valence-corrected chi connectivity index (χ0v) is 16.0. The van der Waals surface area contributed by atoms with Gasteiger partial charge in [0.1, 0.15) is 5.82 Å². The van der Waals surface area contributed by atoms with E-state index < -0.39 is 0 Å². The van der Waals surface area contributed by atoms with Gasteiger partial charge in [-0.15, -0.1) is 28.8 Å². The van der Waals surface area contributed by atoms with Crippen LogP contribution in [0.3, 0.4) is 0 Å². The second kappa shape index (κ2) is 8.16. The van der Waals surface area contributed by atoms with Crippen molar-refractivity contribution in [1.82, 2.24) is 20.1 Å². The number of hydrogen-bond donors (Lipinski definition) is 2. The van der Waals surface area contributed by atoms with E-state index in [-0.39, 0.29) is 36.0 Å². The highest BCUT2D eigenvalue weighted by molar-refractivity contribution is 7.13. The van der Waals surface area contributed by atoms with Crippen LogP contribution >= 0.6 is 23.7 Å². The van der Waals surface area contributed by atoms with Gasteiger partial charge in [-0.1, -0.05) is 12.1 Å². The van der Waals surface area contributed by atoms with Gasteiger partial charge in [0.25, 0.3) is 5.91 Å². The number of halogens is 2. The molecular weight excluding hydrogens is 389 g/mol. The second-order valence-electron chi connectivity index (χ2n) is 6.34. The zero-order valence-electron chi connectivity index (χ0n) is 14.3. The number of carbonyl (C=O) groups is 1. The van der Waals surface area contributed by atoms with E-state index in [1.807, 2.05) is 17.5 Å². The van der Waals surface area contributed by atoms with Gasteiger partial charge >= 0.3 is 0 Å². The number of aromatic nitrogens is 3. The molecule has 1 unspecified atom stereocenters. The summed E-state index contributed by atoms with van der Waals surface area (Å²) < 4.78 is 15.1. The van der Waals surface area contributed by atoms with Crippen molar-refractivity contribution < 1.29 is 9.18 Å². The number of thiophene rings is 1. The van der Waals surface area contributed by atoms with Crippen LogP contribution in [0.5, 0.6) is 0 Å². The van der Waals surface area contributed by atoms with Gasteiger partial charge in [0.15, 0.2) is 5.82 Å². The lowest BCUT2D eigenvalue weighted by atomic mass is 10.2. The normalized spacial score (nSPS) is 14.4. The molecule has 27 heavy (non-hydrogen) atoms. The van der Waals surface area contributed by atoms with Crippen LogP contribution in [0, 0.1) is 11.7 Å². The summed E-state index contributed by atoms with van der Waals surface area (Å²) in [5.41, 5.74) is 6.53. The van der Waals surface area contributed by atoms with Gasteiger partial charge in [-0.25, -0.2) is 14.1 Å². The highest BCUT2D eigenvalue weighted by Crippen LogP contribution is 2.31. The van der Waals surface area contributed by atoms with Crippen LogP contribution in [0.1, 0.15) is 23.5 Å². The summed E-state index contributed by atoms with van der Waals surface area (Å²) in [5, 5.41) is 9.02. The molecule has 4 rings (SSSR count). The first-order valence-electron chi connectivity index (χ1n) is 8.42. The summed E-state index contributed by atoms with van der Waals surface area (Å²) in [6.45, 7) is 0.395. The molecule has 6 nitrogen and oxygen atoms in total. The summed E-state index contributed by atoms with van der Waals surface area (Å²) >= 11 is 1.48. The van der Waals surface area contributed by atoms with Gasteiger partial charge in [0.2, 0.25) is 5.82 Å². The number of nitrogens with two attached hydrogens (primary N) is 1. The van der Waals surface area contributed by atoms with Crippen molar-refractivity contribution >= 4 is 29.7 Å². The lowest BCUT2D eigenvalue weighted by Crippen LogP contribution is -2.38. The number of amides is 1. The van der Waals surface area contributed by atoms with Crippen LogP contribution in [-0.2, 0) is 0 Å². The quantitative estimate of drug-likeness (QED) is 0.657. The molecule has 1 fully saturated rings. The highest BCUT2D eigenvalue weighted by atomic mass is 35.5. The van der Waals surface area contributed by atoms with E-state index in [9.17, 15) is 9.18 Å². The summed E-state index contributed by atoms with van der Waals surface area (Å²) in [6.07, 6.45) is 2.23. The van der Waals surface area contributed by atoms with E-state index in [1.165, 1.54) is 28.2 Å². The molecule has 3 N–H and O–H groups in total. The van der Waals surface area contributed by atoms with Crippen molar-refractivity contribution in [3.63, 3.8) is 0 Å². The van der Waals surface area contributed by atoms with Gasteiger partial charge < -0.3 is 11.1 Å². The Labute approximate surface area is 166 Å². The van der Waals surface area contributed by atoms with E-state index >= 15 is 0 Å². The van der Waals surface area contributed by atoms with E-state index in [0.29, 0.717) is 24.0 Å². The Morgan fingerprint density at radius 2 is 2.19 bits per heavy atom. The number of nitrogens with one attached hydrogen (secondary N) is 1. The predicted octanol–water partition coefficient (Wildman–Crippen LogP) is 3.02. The Morgan fingerprint density at radius 3 is 2.85 bits per heavy atom. The van der Waals surface area contributed by atoms with Gasteiger partial charge in [-0.05, 0) is 48.4 Å². The molecule has 9 heteroatoms. The average molecular weight is 408 g/mol. The lowest BCUT2D eigenvalue weighted by Gasteiger charge is -2.09. The van der Waals surface area contributed by atoms with Crippen molar-refractivity contribution in [2.45, 2.75) is 18.9 Å². The Hall–Kier alpha value is -2.29. The van der Waals surface area contributed by atoms with Crippen molar-refractivity contribution in [1.29, 1.82) is 0 Å². The van der Waals surface area contributed by atoms with Gasteiger partial charge in [-0.2, -0.15) is 0 Å². The van der Waals surface area contributed by atoms with Crippen LogP contribution in [-0.4, -0.2) is 33.3 Å². The first-order chi connectivity index (χ1) is 12.6. The standard InChI is InChI=1S/C18H18FN5OS.ClH/c19-12-3-1-4-13(9-12)24-17(15-5-2-8-26-15)22-16(23-24)18(25)21-10-14(20)11-6-7-11;/h1-5,8-9,11,14H,6-7,10,20H2,(H,21,25);1H. The van der Waals surface area contributed by atoms with E-state index in [1.54, 1.807) is 12.1 Å². The van der Waals surface area contributed by atoms with Crippen LogP contribution < -0.4 is 11.1 Å². The highest BCUT2D eigenvalue weighted by Gasteiger charge is 2.29. The molecule has 1 aromatic carbocycles. The molecule has 1 saturated carbocycles. The van der Waals surface area contributed by atoms with Crippen molar-refractivity contribution in [2.24, 2.45) is 11.7 Å². The van der Waals surface area contributed by atoms with E-state index in [0.717, 1.165) is 17.7 Å². The first kappa shape index (κ1) is 19.5. The minimum absolute atomic E-state index is 0. The zero-order chi connectivity index (χ0) is 18.1. The fraction of sp³-hybridized carbons (Fsp3) is 0.278. The molecule has 0 aliphatic heterocycles. The molecular formula is C18H19ClFN5OS. The number of hydrogen-bond acceptors (Lipinski definition) is 5. The molecule has 3 aromatic rings. The lowest BCUT2D eigenvalue weighted by molar-refractivity contribution is 0.0940. The maximum atomic E-state index is 13.6. The Kier molecular flexibility index (Phi) is 5.88. The number of nitrogens with zero attached hydrogens (tertiary/aromatic N) is 3. The third-order valence-corrected chi connectivity index (χ3v) is 5.20. The predicted molar refractivity (Wildman–Crippen MR) is 105 cm³/mol. The van der Waals surface area contributed by atoms with E-state index in [4.69, 9.17) is 5.73 Å². The monoisotopic (exact) mass is 407 g/mol. The summed E-state index contributed by atoms with van der Waals surface area (Å²) in [5.74, 6) is 0.281. The molecule has 0 radical (unpaired) electrons. The topological polar surface area (TPSA) is 85.8 Å². The van der Waals surface area contributed by atoms with Gasteiger partial charge in [0.05, 0.1) is 10.6 Å². The molecule has 142 valence electrons. The molecule has 0 spiro atoms. The fourth-order valence-corrected chi connectivity index (χ4v) is 3.44. The SMILES string of the molecule is Cl.NC(CNC(=O)c1nc(-c2cccs2)n(-c2cccc(F)c2)n1)C1CC1. The third-order valence-electron chi connectivity index (χ3n) is 4.33. The largest absolute Gasteiger partial charge is 0.348 e. The van der Waals surface area contributed by atoms with Crippen LogP contribution in [0.2, 0.25) is 0 Å². The van der Waals surface area contributed by atoms with Crippen molar-refractivity contribution in [3.8, 4) is 16.4 Å². The molecule has 0 bridgehead atoms. The van der Waals surface area contributed by atoms with E-state index in [2.05, 4.69) is 15.4 Å². The first-order valence-corrected chi connectivity index (χ1v) is 9.30. The number of carbonyl (C=O) groups excluding carboxylic acids is 1. The maximum Gasteiger partial charge on any atom is 0.291 e. The minimum Gasteiger partial charge on any atom is -0.348 e. The average Bonchev–Trinajstić information content (AvgIpc) is 3.17. The molecule has 2 aromatic heterocycles. The Morgan fingerprint density at radius 1 is 1.37 bits per heavy atom. The summed E-state index contributed by atoms with van der Waals surface area (Å²) in [6, 6.07) is 9.77. The molecule has 1 aliphatic rings. The number of benzene rings is 1.